The summed E-state index contributed by atoms with van der Waals surface area (Å²) in [5.41, 5.74) is 8.38. The van der Waals surface area contributed by atoms with Crippen LogP contribution in [0.3, 0.4) is 0 Å². The van der Waals surface area contributed by atoms with E-state index < -0.39 is 11.7 Å². The van der Waals surface area contributed by atoms with Gasteiger partial charge in [-0.05, 0) is 30.2 Å². The highest BCUT2D eigenvalue weighted by molar-refractivity contribution is 5.87. The lowest BCUT2D eigenvalue weighted by Crippen LogP contribution is -2.25. The van der Waals surface area contributed by atoms with Gasteiger partial charge in [-0.1, -0.05) is 24.3 Å². The quantitative estimate of drug-likeness (QED) is 0.432. The van der Waals surface area contributed by atoms with Crippen molar-refractivity contribution in [3.63, 3.8) is 0 Å². The van der Waals surface area contributed by atoms with Crippen LogP contribution in [-0.4, -0.2) is 24.5 Å². The monoisotopic (exact) mass is 473 g/mol. The van der Waals surface area contributed by atoms with Crippen LogP contribution in [0.25, 0.3) is 22.2 Å². The largest absolute Gasteiger partial charge is 0.382 e. The van der Waals surface area contributed by atoms with E-state index in [1.54, 1.807) is 18.5 Å². The second-order valence-corrected chi connectivity index (χ2v) is 8.20. The first-order valence-electron chi connectivity index (χ1n) is 11.0. The second-order valence-electron chi connectivity index (χ2n) is 8.20. The van der Waals surface area contributed by atoms with Crippen LogP contribution in [0.4, 0.5) is 20.4 Å². The average molecular weight is 473 g/mol. The molecule has 0 spiro atoms. The summed E-state index contributed by atoms with van der Waals surface area (Å²) < 4.78 is 28.3. The van der Waals surface area contributed by atoms with Crippen molar-refractivity contribution in [2.45, 2.75) is 19.5 Å². The molecule has 0 saturated carbocycles. The number of nitrogens with zero attached hydrogens (tertiary/aromatic N) is 5. The molecule has 1 aromatic carbocycles. The van der Waals surface area contributed by atoms with Crippen LogP contribution in [0.15, 0.2) is 83.9 Å². The van der Waals surface area contributed by atoms with Crippen molar-refractivity contribution in [2.24, 2.45) is 5.92 Å². The molecule has 4 aromatic rings. The number of nitrogens with two attached hydrogens (primary N) is 1. The third kappa shape index (κ3) is 4.77. The van der Waals surface area contributed by atoms with Crippen molar-refractivity contribution in [3.05, 3.63) is 95.0 Å². The molecule has 1 atom stereocenters. The summed E-state index contributed by atoms with van der Waals surface area (Å²) >= 11 is 0. The molecule has 0 radical (unpaired) electrons. The molecule has 10 heteroatoms. The van der Waals surface area contributed by atoms with Gasteiger partial charge in [0.15, 0.2) is 11.7 Å². The van der Waals surface area contributed by atoms with Gasteiger partial charge in [0.1, 0.15) is 17.0 Å². The molecule has 8 nitrogen and oxygen atoms in total. The minimum absolute atomic E-state index is 0.183. The van der Waals surface area contributed by atoms with E-state index in [2.05, 4.69) is 25.3 Å². The van der Waals surface area contributed by atoms with Crippen LogP contribution in [0.5, 0.6) is 0 Å². The highest BCUT2D eigenvalue weighted by atomic mass is 19.2. The van der Waals surface area contributed by atoms with E-state index in [0.717, 1.165) is 11.1 Å². The molecule has 0 saturated heterocycles. The molecule has 0 amide bonds. The molecular weight excluding hydrogens is 452 g/mol. The summed E-state index contributed by atoms with van der Waals surface area (Å²) in [5, 5.41) is 3.55. The number of anilines is 2. The summed E-state index contributed by atoms with van der Waals surface area (Å²) in [6.45, 7) is 0.609. The fourth-order valence-electron chi connectivity index (χ4n) is 3.92. The first-order valence-corrected chi connectivity index (χ1v) is 11.0. The molecule has 1 aliphatic carbocycles. The van der Waals surface area contributed by atoms with E-state index in [9.17, 15) is 13.6 Å². The van der Waals surface area contributed by atoms with Crippen LogP contribution in [-0.2, 0) is 13.1 Å². The predicted molar refractivity (Wildman–Crippen MR) is 129 cm³/mol. The first kappa shape index (κ1) is 22.3. The Bertz CT molecular complexity index is 1500. The number of benzene rings is 1. The summed E-state index contributed by atoms with van der Waals surface area (Å²) in [6.07, 6.45) is 8.83. The second kappa shape index (κ2) is 9.41. The Kier molecular flexibility index (Phi) is 6.01. The number of pyridine rings is 1. The van der Waals surface area contributed by atoms with E-state index >= 15 is 0 Å². The van der Waals surface area contributed by atoms with Gasteiger partial charge in [0.05, 0.1) is 29.9 Å². The van der Waals surface area contributed by atoms with Gasteiger partial charge < -0.3 is 11.1 Å². The third-order valence-corrected chi connectivity index (χ3v) is 5.76. The van der Waals surface area contributed by atoms with Gasteiger partial charge in [0.2, 0.25) is 0 Å². The average Bonchev–Trinajstić information content (AvgIpc) is 2.87. The van der Waals surface area contributed by atoms with Gasteiger partial charge in [-0.15, -0.1) is 0 Å². The van der Waals surface area contributed by atoms with E-state index in [-0.39, 0.29) is 18.0 Å². The minimum atomic E-state index is -0.901. The van der Waals surface area contributed by atoms with E-state index in [1.807, 2.05) is 24.3 Å². The van der Waals surface area contributed by atoms with Crippen LogP contribution >= 0.6 is 0 Å². The number of allylic oxidation sites excluding steroid dienone is 4. The highest BCUT2D eigenvalue weighted by Crippen LogP contribution is 2.26. The Morgan fingerprint density at radius 3 is 2.60 bits per heavy atom. The van der Waals surface area contributed by atoms with Gasteiger partial charge >= 0.3 is 0 Å². The van der Waals surface area contributed by atoms with Crippen LogP contribution < -0.4 is 16.6 Å². The smallest absolute Gasteiger partial charge is 0.264 e. The van der Waals surface area contributed by atoms with Crippen LogP contribution in [0, 0.1) is 5.92 Å². The van der Waals surface area contributed by atoms with Crippen molar-refractivity contribution >= 4 is 22.5 Å². The Hall–Kier alpha value is -4.47. The van der Waals surface area contributed by atoms with E-state index in [4.69, 9.17) is 5.73 Å². The van der Waals surface area contributed by atoms with Crippen molar-refractivity contribution in [2.75, 3.05) is 11.1 Å². The lowest BCUT2D eigenvalue weighted by molar-refractivity contribution is 0.462. The Balaban J connectivity index is 1.35. The first-order chi connectivity index (χ1) is 17.0. The number of aromatic nitrogens is 5. The molecule has 3 aromatic heterocycles. The topological polar surface area (TPSA) is 112 Å². The van der Waals surface area contributed by atoms with Crippen LogP contribution in [0.1, 0.15) is 12.0 Å². The summed E-state index contributed by atoms with van der Waals surface area (Å²) in [6, 6.07) is 9.40. The fourth-order valence-corrected chi connectivity index (χ4v) is 3.92. The number of nitrogen functional groups attached to an aromatic ring is 1. The Morgan fingerprint density at radius 1 is 1.03 bits per heavy atom. The molecule has 35 heavy (non-hydrogen) atoms. The maximum absolute atomic E-state index is 13.6. The van der Waals surface area contributed by atoms with E-state index in [1.165, 1.54) is 29.2 Å². The summed E-state index contributed by atoms with van der Waals surface area (Å²) in [5.74, 6) is -1.35. The van der Waals surface area contributed by atoms with Crippen molar-refractivity contribution in [1.82, 2.24) is 24.5 Å². The van der Waals surface area contributed by atoms with Gasteiger partial charge in [0.25, 0.3) is 5.56 Å². The zero-order valence-corrected chi connectivity index (χ0v) is 18.5. The van der Waals surface area contributed by atoms with E-state index in [0.29, 0.717) is 41.2 Å². The fraction of sp³-hybridized carbons (Fsp3) is 0.160. The Morgan fingerprint density at radius 2 is 1.86 bits per heavy atom. The lowest BCUT2D eigenvalue weighted by atomic mass is 9.99. The normalized spacial score (nSPS) is 15.5. The maximum Gasteiger partial charge on any atom is 0.264 e. The molecule has 3 N–H and O–H groups in total. The van der Waals surface area contributed by atoms with Crippen LogP contribution in [0.2, 0.25) is 0 Å². The highest BCUT2D eigenvalue weighted by Gasteiger charge is 2.18. The molecule has 1 unspecified atom stereocenters. The van der Waals surface area contributed by atoms with Gasteiger partial charge in [0, 0.05) is 30.8 Å². The molecular formula is C25H21F2N7O. The molecule has 0 bridgehead atoms. The van der Waals surface area contributed by atoms with Gasteiger partial charge in [-0.2, -0.15) is 0 Å². The number of hydrogen-bond acceptors (Lipinski definition) is 7. The van der Waals surface area contributed by atoms with Crippen molar-refractivity contribution < 1.29 is 8.78 Å². The lowest BCUT2D eigenvalue weighted by Gasteiger charge is -2.17. The Labute approximate surface area is 198 Å². The molecule has 5 rings (SSSR count). The summed E-state index contributed by atoms with van der Waals surface area (Å²) in [7, 11) is 0. The zero-order valence-electron chi connectivity index (χ0n) is 18.5. The molecule has 0 fully saturated rings. The third-order valence-electron chi connectivity index (χ3n) is 5.76. The number of halogens is 2. The molecule has 176 valence electrons. The minimum Gasteiger partial charge on any atom is -0.382 e. The standard InChI is InChI=1S/C25H21F2N7O/c26-18-6-3-16(9-19(18)27)13-34-14-33-20-7-8-29-24(23(20)25(34)35)32-10-15-1-4-17(5-2-15)21-11-31-22(28)12-30-21/h1-2,4-9,11-12,14,16H,3,10,13H2,(H2,28,31)(H,29,32). The number of rotatable bonds is 6. The predicted octanol–water partition coefficient (Wildman–Crippen LogP) is 4.17. The van der Waals surface area contributed by atoms with Gasteiger partial charge in [-0.3, -0.25) is 14.3 Å². The van der Waals surface area contributed by atoms with Gasteiger partial charge in [-0.25, -0.2) is 23.7 Å². The summed E-state index contributed by atoms with van der Waals surface area (Å²) in [4.78, 5) is 30.3. The molecule has 3 heterocycles. The molecule has 1 aliphatic rings. The van der Waals surface area contributed by atoms with Crippen molar-refractivity contribution in [3.8, 4) is 11.3 Å². The molecule has 0 aliphatic heterocycles. The number of nitrogens with one attached hydrogen (secondary N) is 1. The van der Waals surface area contributed by atoms with Crippen molar-refractivity contribution in [1.29, 1.82) is 0 Å². The number of fused-ring (bicyclic) bond motifs is 1. The SMILES string of the molecule is Nc1cnc(-c2ccc(CNc3nccc4ncn(CC5C=C(F)C(F)=CC5)c(=O)c34)cc2)cn1. The number of hydrogen-bond donors (Lipinski definition) is 2. The maximum atomic E-state index is 13.6. The zero-order chi connectivity index (χ0) is 24.4.